The number of unbranched alkanes of at least 4 members (excludes halogenated alkanes) is 1. The van der Waals surface area contributed by atoms with Crippen molar-refractivity contribution < 1.29 is 24.4 Å². The Morgan fingerprint density at radius 2 is 2.09 bits per heavy atom. The van der Waals surface area contributed by atoms with Crippen molar-refractivity contribution in [1.82, 2.24) is 5.32 Å². The molecule has 0 aliphatic heterocycles. The molecule has 1 rings (SSSR count). The van der Waals surface area contributed by atoms with E-state index < -0.39 is 28.5 Å². The Morgan fingerprint density at radius 1 is 1.39 bits per heavy atom. The minimum atomic E-state index is -1.17. The van der Waals surface area contributed by atoms with Crippen LogP contribution in [-0.2, 0) is 4.79 Å². The molecule has 2 N–H and O–H groups in total. The fourth-order valence-corrected chi connectivity index (χ4v) is 2.01. The third-order valence-electron chi connectivity index (χ3n) is 3.17. The molecule has 8 nitrogen and oxygen atoms in total. The van der Waals surface area contributed by atoms with Gasteiger partial charge in [0.25, 0.3) is 11.6 Å². The molecule has 1 aromatic carbocycles. The zero-order valence-corrected chi connectivity index (χ0v) is 13.1. The lowest BCUT2D eigenvalue weighted by Gasteiger charge is -2.14. The maximum atomic E-state index is 12.3. The van der Waals surface area contributed by atoms with Crippen molar-refractivity contribution in [3.63, 3.8) is 0 Å². The lowest BCUT2D eigenvalue weighted by atomic mass is 10.1. The van der Waals surface area contributed by atoms with Gasteiger partial charge in [0.1, 0.15) is 17.4 Å². The predicted molar refractivity (Wildman–Crippen MR) is 82.7 cm³/mol. The summed E-state index contributed by atoms with van der Waals surface area (Å²) in [6.07, 6.45) is 1.66. The van der Waals surface area contributed by atoms with Gasteiger partial charge in [-0.2, -0.15) is 0 Å². The first-order valence-electron chi connectivity index (χ1n) is 7.35. The number of nitro groups is 1. The van der Waals surface area contributed by atoms with Gasteiger partial charge in [-0.25, -0.2) is 4.79 Å². The Morgan fingerprint density at radius 3 is 2.61 bits per heavy atom. The van der Waals surface area contributed by atoms with Crippen LogP contribution < -0.4 is 10.1 Å². The monoisotopic (exact) mass is 324 g/mol. The van der Waals surface area contributed by atoms with Crippen LogP contribution in [0.1, 0.15) is 43.5 Å². The number of nitro benzene ring substituents is 1. The van der Waals surface area contributed by atoms with Crippen molar-refractivity contribution in [3.8, 4) is 5.75 Å². The minimum absolute atomic E-state index is 0.219. The molecule has 0 heterocycles. The summed E-state index contributed by atoms with van der Waals surface area (Å²) < 4.78 is 5.23. The van der Waals surface area contributed by atoms with Gasteiger partial charge in [-0.15, -0.1) is 0 Å². The molecule has 126 valence electrons. The molecule has 1 amide bonds. The number of hydrogen-bond donors (Lipinski definition) is 2. The number of carbonyl (C=O) groups excluding carboxylic acids is 1. The maximum absolute atomic E-state index is 12.3. The second-order valence-electron chi connectivity index (χ2n) is 4.88. The molecule has 0 aliphatic rings. The van der Waals surface area contributed by atoms with Gasteiger partial charge in [0.2, 0.25) is 0 Å². The highest BCUT2D eigenvalue weighted by atomic mass is 16.6. The minimum Gasteiger partial charge on any atom is -0.494 e. The van der Waals surface area contributed by atoms with E-state index in [2.05, 4.69) is 5.32 Å². The van der Waals surface area contributed by atoms with Crippen molar-refractivity contribution >= 4 is 17.6 Å². The van der Waals surface area contributed by atoms with Crippen LogP contribution in [0, 0.1) is 10.1 Å². The predicted octanol–water partition coefficient (Wildman–Crippen LogP) is 2.37. The highest BCUT2D eigenvalue weighted by molar-refractivity contribution is 6.00. The van der Waals surface area contributed by atoms with E-state index in [1.54, 1.807) is 6.92 Å². The van der Waals surface area contributed by atoms with Crippen LogP contribution >= 0.6 is 0 Å². The van der Waals surface area contributed by atoms with Gasteiger partial charge in [0.15, 0.2) is 0 Å². The molecule has 8 heteroatoms. The number of nitrogens with zero attached hydrogens (tertiary/aromatic N) is 1. The van der Waals surface area contributed by atoms with E-state index in [1.807, 2.05) is 6.92 Å². The van der Waals surface area contributed by atoms with E-state index >= 15 is 0 Å². The number of amides is 1. The number of carboxylic acid groups (broad SMARTS) is 1. The molecule has 0 aliphatic carbocycles. The normalized spacial score (nSPS) is 11.6. The van der Waals surface area contributed by atoms with Gasteiger partial charge in [-0.1, -0.05) is 19.8 Å². The molecular formula is C15H20N2O6. The second-order valence-corrected chi connectivity index (χ2v) is 4.88. The third-order valence-corrected chi connectivity index (χ3v) is 3.17. The van der Waals surface area contributed by atoms with Crippen molar-refractivity contribution in [2.24, 2.45) is 0 Å². The summed E-state index contributed by atoms with van der Waals surface area (Å²) in [7, 11) is 0. The van der Waals surface area contributed by atoms with Gasteiger partial charge in [0.05, 0.1) is 11.5 Å². The Balaban J connectivity index is 3.05. The highest BCUT2D eigenvalue weighted by Gasteiger charge is 2.25. The number of carboxylic acids is 1. The van der Waals surface area contributed by atoms with Crippen LogP contribution in [0.2, 0.25) is 0 Å². The smallest absolute Gasteiger partial charge is 0.326 e. The zero-order chi connectivity index (χ0) is 17.4. The molecular weight excluding hydrogens is 304 g/mol. The van der Waals surface area contributed by atoms with E-state index in [-0.39, 0.29) is 12.0 Å². The van der Waals surface area contributed by atoms with E-state index in [0.29, 0.717) is 18.8 Å². The van der Waals surface area contributed by atoms with Gasteiger partial charge in [-0.3, -0.25) is 14.9 Å². The third kappa shape index (κ3) is 5.24. The summed E-state index contributed by atoms with van der Waals surface area (Å²) in [4.78, 5) is 33.8. The summed E-state index contributed by atoms with van der Waals surface area (Å²) >= 11 is 0. The molecule has 0 saturated heterocycles. The number of nitrogens with one attached hydrogen (secondary N) is 1. The number of benzene rings is 1. The lowest BCUT2D eigenvalue weighted by molar-refractivity contribution is -0.385. The van der Waals surface area contributed by atoms with E-state index in [1.165, 1.54) is 18.2 Å². The number of carbonyl (C=O) groups is 2. The van der Waals surface area contributed by atoms with Crippen LogP contribution in [0.3, 0.4) is 0 Å². The topological polar surface area (TPSA) is 119 Å². The van der Waals surface area contributed by atoms with Crippen molar-refractivity contribution in [2.75, 3.05) is 6.61 Å². The summed E-state index contributed by atoms with van der Waals surface area (Å²) in [5.41, 5.74) is -0.616. The lowest BCUT2D eigenvalue weighted by Crippen LogP contribution is -2.40. The van der Waals surface area contributed by atoms with Crippen molar-refractivity contribution in [3.05, 3.63) is 33.9 Å². The average Bonchev–Trinajstić information content (AvgIpc) is 2.50. The first-order valence-corrected chi connectivity index (χ1v) is 7.35. The summed E-state index contributed by atoms with van der Waals surface area (Å²) in [5.74, 6) is -1.67. The molecule has 1 unspecified atom stereocenters. The fourth-order valence-electron chi connectivity index (χ4n) is 2.01. The van der Waals surface area contributed by atoms with E-state index in [4.69, 9.17) is 9.84 Å². The molecule has 0 spiro atoms. The molecule has 0 radical (unpaired) electrons. The molecule has 1 aromatic rings. The van der Waals surface area contributed by atoms with Gasteiger partial charge >= 0.3 is 5.97 Å². The Hall–Kier alpha value is -2.64. The molecule has 1 atom stereocenters. The number of rotatable bonds is 9. The van der Waals surface area contributed by atoms with Gasteiger partial charge in [-0.05, 0) is 25.5 Å². The molecule has 0 saturated carbocycles. The number of aliphatic carboxylic acids is 1. The van der Waals surface area contributed by atoms with Gasteiger partial charge < -0.3 is 15.2 Å². The summed E-state index contributed by atoms with van der Waals surface area (Å²) in [5, 5.41) is 22.5. The van der Waals surface area contributed by atoms with Crippen molar-refractivity contribution in [1.29, 1.82) is 0 Å². The largest absolute Gasteiger partial charge is 0.494 e. The molecule has 0 aromatic heterocycles. The highest BCUT2D eigenvalue weighted by Crippen LogP contribution is 2.24. The molecule has 23 heavy (non-hydrogen) atoms. The van der Waals surface area contributed by atoms with Crippen LogP contribution in [0.15, 0.2) is 18.2 Å². The van der Waals surface area contributed by atoms with Gasteiger partial charge in [0, 0.05) is 6.07 Å². The standard InChI is InChI=1S/C15H20N2O6/c1-3-5-6-12(15(19)20)16-14(18)11-9-10(23-4-2)7-8-13(11)17(21)22/h7-9,12H,3-6H2,1-2H3,(H,16,18)(H,19,20). The maximum Gasteiger partial charge on any atom is 0.326 e. The van der Waals surface area contributed by atoms with Crippen LogP contribution in [0.5, 0.6) is 5.75 Å². The Bertz CT molecular complexity index is 587. The van der Waals surface area contributed by atoms with E-state index in [0.717, 1.165) is 6.42 Å². The number of ether oxygens (including phenoxy) is 1. The summed E-state index contributed by atoms with van der Waals surface area (Å²) in [6, 6.07) is 2.72. The number of hydrogen-bond acceptors (Lipinski definition) is 5. The molecule has 0 bridgehead atoms. The van der Waals surface area contributed by atoms with Crippen LogP contribution in [-0.4, -0.2) is 34.6 Å². The fraction of sp³-hybridized carbons (Fsp3) is 0.467. The zero-order valence-electron chi connectivity index (χ0n) is 13.1. The second kappa shape index (κ2) is 8.72. The first kappa shape index (κ1) is 18.4. The quantitative estimate of drug-likeness (QED) is 0.531. The SMILES string of the molecule is CCCCC(NC(=O)c1cc(OCC)ccc1[N+](=O)[O-])C(=O)O. The Kier molecular flexibility index (Phi) is 6.98. The first-order chi connectivity index (χ1) is 10.9. The molecule has 0 fully saturated rings. The Labute approximate surface area is 133 Å². The summed E-state index contributed by atoms with van der Waals surface area (Å²) in [6.45, 7) is 3.98. The van der Waals surface area contributed by atoms with Crippen LogP contribution in [0.4, 0.5) is 5.69 Å². The van der Waals surface area contributed by atoms with Crippen molar-refractivity contribution in [2.45, 2.75) is 39.2 Å². The van der Waals surface area contributed by atoms with Crippen LogP contribution in [0.25, 0.3) is 0 Å². The average molecular weight is 324 g/mol. The van der Waals surface area contributed by atoms with E-state index in [9.17, 15) is 19.7 Å².